The molecule has 1 aromatic heterocycles. The van der Waals surface area contributed by atoms with Crippen LogP contribution in [0.3, 0.4) is 0 Å². The molecule has 1 amide bonds. The second kappa shape index (κ2) is 7.68. The van der Waals surface area contributed by atoms with E-state index in [2.05, 4.69) is 22.8 Å². The standard InChI is InChI=1S/C19H23ClN2OS/c1-13(15-7-3-4-8-16(15)20)21-14(2)19(23)22-11-5-9-17(22)18-10-6-12-24-18/h3-4,6-8,10,12-14,17,21H,5,9,11H2,1-2H3. The highest BCUT2D eigenvalue weighted by Crippen LogP contribution is 2.35. The third kappa shape index (κ3) is 3.66. The third-order valence-corrected chi connectivity index (χ3v) is 5.97. The third-order valence-electron chi connectivity index (χ3n) is 4.65. The molecule has 1 fully saturated rings. The van der Waals surface area contributed by atoms with Gasteiger partial charge >= 0.3 is 0 Å². The first-order valence-electron chi connectivity index (χ1n) is 8.42. The van der Waals surface area contributed by atoms with Gasteiger partial charge in [0.2, 0.25) is 5.91 Å². The average molecular weight is 363 g/mol. The summed E-state index contributed by atoms with van der Waals surface area (Å²) in [5, 5.41) is 6.22. The maximum absolute atomic E-state index is 12.9. The predicted molar refractivity (Wildman–Crippen MR) is 100 cm³/mol. The molecule has 24 heavy (non-hydrogen) atoms. The number of amides is 1. The van der Waals surface area contributed by atoms with Crippen LogP contribution in [0.25, 0.3) is 0 Å². The quantitative estimate of drug-likeness (QED) is 0.828. The van der Waals surface area contributed by atoms with Crippen molar-refractivity contribution in [3.8, 4) is 0 Å². The second-order valence-electron chi connectivity index (χ2n) is 6.34. The number of nitrogens with one attached hydrogen (secondary N) is 1. The van der Waals surface area contributed by atoms with Gasteiger partial charge in [0.1, 0.15) is 0 Å². The van der Waals surface area contributed by atoms with E-state index in [1.54, 1.807) is 11.3 Å². The van der Waals surface area contributed by atoms with Gasteiger partial charge in [-0.2, -0.15) is 0 Å². The first-order valence-corrected chi connectivity index (χ1v) is 9.68. The van der Waals surface area contributed by atoms with E-state index in [0.717, 1.165) is 30.0 Å². The highest BCUT2D eigenvalue weighted by molar-refractivity contribution is 7.10. The summed E-state index contributed by atoms with van der Waals surface area (Å²) in [6, 6.07) is 12.0. The van der Waals surface area contributed by atoms with E-state index in [4.69, 9.17) is 11.6 Å². The zero-order valence-corrected chi connectivity index (χ0v) is 15.6. The zero-order valence-electron chi connectivity index (χ0n) is 14.0. The van der Waals surface area contributed by atoms with Crippen molar-refractivity contribution in [2.24, 2.45) is 0 Å². The van der Waals surface area contributed by atoms with E-state index >= 15 is 0 Å². The van der Waals surface area contributed by atoms with E-state index in [1.165, 1.54) is 4.88 Å². The van der Waals surface area contributed by atoms with Crippen molar-refractivity contribution in [3.05, 3.63) is 57.2 Å². The van der Waals surface area contributed by atoms with Crippen LogP contribution >= 0.6 is 22.9 Å². The van der Waals surface area contributed by atoms with E-state index in [-0.39, 0.29) is 24.0 Å². The summed E-state index contributed by atoms with van der Waals surface area (Å²) in [6.07, 6.45) is 2.13. The Morgan fingerprint density at radius 1 is 1.29 bits per heavy atom. The fraction of sp³-hybridized carbons (Fsp3) is 0.421. The van der Waals surface area contributed by atoms with Gasteiger partial charge < -0.3 is 4.90 Å². The Bertz CT molecular complexity index is 688. The van der Waals surface area contributed by atoms with Gasteiger partial charge in [0, 0.05) is 22.5 Å². The molecule has 1 aliphatic heterocycles. The second-order valence-corrected chi connectivity index (χ2v) is 7.72. The van der Waals surface area contributed by atoms with E-state index in [0.29, 0.717) is 0 Å². The van der Waals surface area contributed by atoms with Crippen LogP contribution in [0.2, 0.25) is 5.02 Å². The van der Waals surface area contributed by atoms with Crippen molar-refractivity contribution >= 4 is 28.8 Å². The van der Waals surface area contributed by atoms with Gasteiger partial charge in [0.15, 0.2) is 0 Å². The van der Waals surface area contributed by atoms with Crippen molar-refractivity contribution < 1.29 is 4.79 Å². The number of hydrogen-bond acceptors (Lipinski definition) is 3. The van der Waals surface area contributed by atoms with E-state index < -0.39 is 0 Å². The van der Waals surface area contributed by atoms with Gasteiger partial charge in [-0.1, -0.05) is 35.9 Å². The van der Waals surface area contributed by atoms with Crippen LogP contribution in [-0.2, 0) is 4.79 Å². The lowest BCUT2D eigenvalue weighted by atomic mass is 10.1. The van der Waals surface area contributed by atoms with Gasteiger partial charge in [-0.15, -0.1) is 11.3 Å². The molecule has 2 aromatic rings. The van der Waals surface area contributed by atoms with Crippen molar-refractivity contribution in [1.82, 2.24) is 10.2 Å². The molecule has 0 aliphatic carbocycles. The number of halogens is 1. The Morgan fingerprint density at radius 3 is 2.79 bits per heavy atom. The smallest absolute Gasteiger partial charge is 0.239 e. The lowest BCUT2D eigenvalue weighted by molar-refractivity contribution is -0.134. The van der Waals surface area contributed by atoms with Crippen LogP contribution in [-0.4, -0.2) is 23.4 Å². The molecule has 1 saturated heterocycles. The molecular formula is C19H23ClN2OS. The Morgan fingerprint density at radius 2 is 2.08 bits per heavy atom. The predicted octanol–water partition coefficient (Wildman–Crippen LogP) is 4.80. The normalized spacial score (nSPS) is 20.1. The minimum atomic E-state index is -0.239. The van der Waals surface area contributed by atoms with Crippen molar-refractivity contribution in [2.45, 2.75) is 44.8 Å². The molecule has 1 aromatic carbocycles. The van der Waals surface area contributed by atoms with Crippen LogP contribution in [0.1, 0.15) is 49.2 Å². The van der Waals surface area contributed by atoms with Gasteiger partial charge in [0.25, 0.3) is 0 Å². The van der Waals surface area contributed by atoms with Crippen LogP contribution in [0, 0.1) is 0 Å². The Labute approximate surface area is 152 Å². The number of nitrogens with zero attached hydrogens (tertiary/aromatic N) is 1. The van der Waals surface area contributed by atoms with Crippen LogP contribution in [0.15, 0.2) is 41.8 Å². The Hall–Kier alpha value is -1.36. The fourth-order valence-corrected chi connectivity index (χ4v) is 4.59. The van der Waals surface area contributed by atoms with Crippen molar-refractivity contribution in [3.63, 3.8) is 0 Å². The number of benzene rings is 1. The number of carbonyl (C=O) groups is 1. The molecule has 0 saturated carbocycles. The molecule has 5 heteroatoms. The van der Waals surface area contributed by atoms with E-state index in [9.17, 15) is 4.79 Å². The van der Waals surface area contributed by atoms with Crippen LogP contribution < -0.4 is 5.32 Å². The highest BCUT2D eigenvalue weighted by Gasteiger charge is 2.33. The summed E-state index contributed by atoms with van der Waals surface area (Å²) in [4.78, 5) is 16.3. The Kier molecular flexibility index (Phi) is 5.59. The maximum atomic E-state index is 12.9. The molecule has 1 aliphatic rings. The molecule has 3 nitrogen and oxygen atoms in total. The minimum Gasteiger partial charge on any atom is -0.333 e. The molecule has 2 heterocycles. The molecule has 0 radical (unpaired) electrons. The summed E-state index contributed by atoms with van der Waals surface area (Å²) in [6.45, 7) is 4.83. The fourth-order valence-electron chi connectivity index (χ4n) is 3.42. The summed E-state index contributed by atoms with van der Waals surface area (Å²) in [5.41, 5.74) is 1.02. The number of rotatable bonds is 5. The number of carbonyl (C=O) groups excluding carboxylic acids is 1. The summed E-state index contributed by atoms with van der Waals surface area (Å²) < 4.78 is 0. The Balaban J connectivity index is 1.67. The highest BCUT2D eigenvalue weighted by atomic mass is 35.5. The summed E-state index contributed by atoms with van der Waals surface area (Å²) in [7, 11) is 0. The molecule has 128 valence electrons. The molecule has 3 atom stereocenters. The monoisotopic (exact) mass is 362 g/mol. The van der Waals surface area contributed by atoms with Crippen molar-refractivity contribution in [1.29, 1.82) is 0 Å². The SMILES string of the molecule is CC(NC(C)c1ccccc1Cl)C(=O)N1CCCC1c1cccs1. The molecule has 0 bridgehead atoms. The summed E-state index contributed by atoms with van der Waals surface area (Å²) in [5.74, 6) is 0.171. The maximum Gasteiger partial charge on any atom is 0.239 e. The number of thiophene rings is 1. The lowest BCUT2D eigenvalue weighted by Crippen LogP contribution is -2.45. The first-order chi connectivity index (χ1) is 11.6. The first kappa shape index (κ1) is 17.5. The van der Waals surface area contributed by atoms with Gasteiger partial charge in [0.05, 0.1) is 12.1 Å². The van der Waals surface area contributed by atoms with Crippen LogP contribution in [0.5, 0.6) is 0 Å². The van der Waals surface area contributed by atoms with Crippen molar-refractivity contribution in [2.75, 3.05) is 6.54 Å². The lowest BCUT2D eigenvalue weighted by Gasteiger charge is -2.29. The average Bonchev–Trinajstić information content (AvgIpc) is 3.25. The molecule has 3 rings (SSSR count). The number of likely N-dealkylation sites (tertiary alicyclic amines) is 1. The van der Waals surface area contributed by atoms with Gasteiger partial charge in [-0.25, -0.2) is 0 Å². The topological polar surface area (TPSA) is 32.3 Å². The van der Waals surface area contributed by atoms with Gasteiger partial charge in [-0.3, -0.25) is 10.1 Å². The molecule has 3 unspecified atom stereocenters. The van der Waals surface area contributed by atoms with E-state index in [1.807, 2.05) is 43.0 Å². The molecule has 1 N–H and O–H groups in total. The molecule has 0 spiro atoms. The summed E-state index contributed by atoms with van der Waals surface area (Å²) >= 11 is 8.00. The largest absolute Gasteiger partial charge is 0.333 e. The van der Waals surface area contributed by atoms with Crippen LogP contribution in [0.4, 0.5) is 0 Å². The molecular weight excluding hydrogens is 340 g/mol. The van der Waals surface area contributed by atoms with Gasteiger partial charge in [-0.05, 0) is 49.8 Å². The number of hydrogen-bond donors (Lipinski definition) is 1. The zero-order chi connectivity index (χ0) is 17.1. The minimum absolute atomic E-state index is 0.0282.